The number of hydrogen-bond donors (Lipinski definition) is 1. The summed E-state index contributed by atoms with van der Waals surface area (Å²) in [5.41, 5.74) is 3.91. The number of carbonyl (C=O) groups is 1. The minimum atomic E-state index is -0.0841. The fraction of sp³-hybridized carbons (Fsp3) is 0.217. The molecule has 1 aliphatic rings. The van der Waals surface area contributed by atoms with Crippen molar-refractivity contribution >= 4 is 34.1 Å². The minimum absolute atomic E-state index is 0.0841. The number of nitrogens with one attached hydrogen (secondary N) is 1. The van der Waals surface area contributed by atoms with Gasteiger partial charge < -0.3 is 24.3 Å². The van der Waals surface area contributed by atoms with Crippen molar-refractivity contribution in [3.8, 4) is 5.75 Å². The number of carbonyl (C=O) groups excluding carboxylic acids is 1. The van der Waals surface area contributed by atoms with Crippen LogP contribution >= 0.6 is 0 Å². The van der Waals surface area contributed by atoms with E-state index in [4.69, 9.17) is 9.72 Å². The number of nitrogens with zero attached hydrogens (tertiary/aromatic N) is 4. The van der Waals surface area contributed by atoms with Crippen LogP contribution in [0.3, 0.4) is 0 Å². The molecule has 0 unspecified atom stereocenters. The van der Waals surface area contributed by atoms with Gasteiger partial charge in [-0.25, -0.2) is 9.78 Å². The van der Waals surface area contributed by atoms with Crippen LogP contribution in [0.4, 0.5) is 16.3 Å². The summed E-state index contributed by atoms with van der Waals surface area (Å²) in [6.07, 6.45) is 2.07. The van der Waals surface area contributed by atoms with Gasteiger partial charge in [0, 0.05) is 38.1 Å². The topological polar surface area (TPSA) is 62.1 Å². The van der Waals surface area contributed by atoms with Gasteiger partial charge in [-0.05, 0) is 48.5 Å². The predicted octanol–water partition coefficient (Wildman–Crippen LogP) is 3.85. The van der Waals surface area contributed by atoms with Crippen LogP contribution < -0.4 is 15.0 Å². The molecule has 4 aromatic rings. The molecule has 1 aliphatic heterocycles. The first-order valence-electron chi connectivity index (χ1n) is 10.0. The smallest absolute Gasteiger partial charge is 0.321 e. The zero-order valence-electron chi connectivity index (χ0n) is 16.8. The quantitative estimate of drug-likeness (QED) is 0.566. The van der Waals surface area contributed by atoms with Crippen molar-refractivity contribution in [2.45, 2.75) is 0 Å². The van der Waals surface area contributed by atoms with E-state index >= 15 is 0 Å². The van der Waals surface area contributed by atoms with Gasteiger partial charge in [-0.15, -0.1) is 0 Å². The lowest BCUT2D eigenvalue weighted by Crippen LogP contribution is -2.50. The average Bonchev–Trinajstić information content (AvgIpc) is 3.29. The molecular weight excluding hydrogens is 378 g/mol. The summed E-state index contributed by atoms with van der Waals surface area (Å²) in [6, 6.07) is 19.6. The van der Waals surface area contributed by atoms with E-state index in [0.29, 0.717) is 13.1 Å². The van der Waals surface area contributed by atoms with Crippen LogP contribution in [0.1, 0.15) is 0 Å². The van der Waals surface area contributed by atoms with Crippen molar-refractivity contribution in [3.05, 3.63) is 66.9 Å². The molecule has 0 atom stereocenters. The van der Waals surface area contributed by atoms with E-state index in [1.165, 1.54) is 0 Å². The highest BCUT2D eigenvalue weighted by molar-refractivity contribution is 5.90. The second-order valence-electron chi connectivity index (χ2n) is 7.32. The number of amides is 2. The van der Waals surface area contributed by atoms with Gasteiger partial charge in [-0.3, -0.25) is 0 Å². The molecule has 0 radical (unpaired) electrons. The Hall–Kier alpha value is -3.74. The van der Waals surface area contributed by atoms with Crippen LogP contribution in [-0.2, 0) is 0 Å². The maximum atomic E-state index is 12.7. The molecule has 0 aliphatic carbocycles. The molecule has 1 saturated heterocycles. The molecule has 152 valence electrons. The van der Waals surface area contributed by atoms with E-state index < -0.39 is 0 Å². The molecule has 0 bridgehead atoms. The standard InChI is InChI=1S/C23H23N5O2/c1-30-18-10-8-17(9-11-18)24-23(29)27-15-13-26(14-16-27)22-21-7-4-12-28(21)20-6-3-2-5-19(20)25-22/h2-12H,13-16H2,1H3,(H,24,29). The molecular formula is C23H23N5O2. The molecule has 7 nitrogen and oxygen atoms in total. The molecule has 2 amide bonds. The zero-order chi connectivity index (χ0) is 20.5. The fourth-order valence-electron chi connectivity index (χ4n) is 3.94. The molecule has 3 heterocycles. The first-order valence-corrected chi connectivity index (χ1v) is 10.0. The lowest BCUT2D eigenvalue weighted by Gasteiger charge is -2.35. The van der Waals surface area contributed by atoms with Gasteiger partial charge in [0.25, 0.3) is 0 Å². The predicted molar refractivity (Wildman–Crippen MR) is 118 cm³/mol. The number of aromatic nitrogens is 2. The number of anilines is 2. The minimum Gasteiger partial charge on any atom is -0.497 e. The van der Waals surface area contributed by atoms with Gasteiger partial charge in [0.05, 0.1) is 23.7 Å². The lowest BCUT2D eigenvalue weighted by atomic mass is 10.2. The monoisotopic (exact) mass is 401 g/mol. The van der Waals surface area contributed by atoms with Gasteiger partial charge in [0.2, 0.25) is 0 Å². The molecule has 5 rings (SSSR count). The summed E-state index contributed by atoms with van der Waals surface area (Å²) < 4.78 is 7.34. The molecule has 0 spiro atoms. The Balaban J connectivity index is 1.30. The zero-order valence-corrected chi connectivity index (χ0v) is 16.8. The third kappa shape index (κ3) is 3.28. The van der Waals surface area contributed by atoms with Crippen LogP contribution in [-0.4, -0.2) is 53.6 Å². The Labute approximate surface area is 174 Å². The molecule has 2 aromatic carbocycles. The summed E-state index contributed by atoms with van der Waals surface area (Å²) in [5, 5.41) is 2.96. The van der Waals surface area contributed by atoms with Gasteiger partial charge in [0.15, 0.2) is 5.82 Å². The van der Waals surface area contributed by atoms with Gasteiger partial charge in [-0.1, -0.05) is 12.1 Å². The summed E-state index contributed by atoms with van der Waals surface area (Å²) in [5.74, 6) is 1.73. The maximum Gasteiger partial charge on any atom is 0.321 e. The summed E-state index contributed by atoms with van der Waals surface area (Å²) in [6.45, 7) is 2.76. The van der Waals surface area contributed by atoms with Gasteiger partial charge >= 0.3 is 6.03 Å². The SMILES string of the molecule is COc1ccc(NC(=O)N2CCN(c3nc4ccccc4n4cccc34)CC2)cc1. The normalized spacial score (nSPS) is 14.3. The molecule has 30 heavy (non-hydrogen) atoms. The number of piperazine rings is 1. The van der Waals surface area contributed by atoms with E-state index in [2.05, 4.69) is 32.9 Å². The second kappa shape index (κ2) is 7.59. The van der Waals surface area contributed by atoms with E-state index in [1.54, 1.807) is 7.11 Å². The molecule has 1 fully saturated rings. The third-order valence-corrected chi connectivity index (χ3v) is 5.55. The van der Waals surface area contributed by atoms with Crippen LogP contribution in [0, 0.1) is 0 Å². The number of urea groups is 1. The highest BCUT2D eigenvalue weighted by Crippen LogP contribution is 2.26. The van der Waals surface area contributed by atoms with Crippen LogP contribution in [0.2, 0.25) is 0 Å². The fourth-order valence-corrected chi connectivity index (χ4v) is 3.94. The first-order chi connectivity index (χ1) is 14.7. The highest BCUT2D eigenvalue weighted by Gasteiger charge is 2.24. The number of methoxy groups -OCH3 is 1. The van der Waals surface area contributed by atoms with Crippen LogP contribution in [0.15, 0.2) is 66.9 Å². The average molecular weight is 401 g/mol. The molecule has 0 saturated carbocycles. The van der Waals surface area contributed by atoms with Crippen molar-refractivity contribution in [1.82, 2.24) is 14.3 Å². The largest absolute Gasteiger partial charge is 0.497 e. The number of ether oxygens (including phenoxy) is 1. The number of rotatable bonds is 3. The second-order valence-corrected chi connectivity index (χ2v) is 7.32. The van der Waals surface area contributed by atoms with Crippen molar-refractivity contribution in [3.63, 3.8) is 0 Å². The van der Waals surface area contributed by atoms with Crippen LogP contribution in [0.5, 0.6) is 5.75 Å². The molecule has 2 aromatic heterocycles. The summed E-state index contributed by atoms with van der Waals surface area (Å²) >= 11 is 0. The number of fused-ring (bicyclic) bond motifs is 3. The molecule has 1 N–H and O–H groups in total. The van der Waals surface area contributed by atoms with Crippen molar-refractivity contribution in [1.29, 1.82) is 0 Å². The van der Waals surface area contributed by atoms with E-state index in [0.717, 1.165) is 46.9 Å². The van der Waals surface area contributed by atoms with E-state index in [1.807, 2.05) is 53.4 Å². The van der Waals surface area contributed by atoms with Crippen LogP contribution in [0.25, 0.3) is 16.6 Å². The van der Waals surface area contributed by atoms with E-state index in [-0.39, 0.29) is 6.03 Å². The Morgan fingerprint density at radius 1 is 0.933 bits per heavy atom. The van der Waals surface area contributed by atoms with Gasteiger partial charge in [-0.2, -0.15) is 0 Å². The van der Waals surface area contributed by atoms with Crippen molar-refractivity contribution < 1.29 is 9.53 Å². The number of hydrogen-bond acceptors (Lipinski definition) is 4. The Morgan fingerprint density at radius 3 is 2.43 bits per heavy atom. The Morgan fingerprint density at radius 2 is 1.67 bits per heavy atom. The van der Waals surface area contributed by atoms with E-state index in [9.17, 15) is 4.79 Å². The number of benzene rings is 2. The van der Waals surface area contributed by atoms with Gasteiger partial charge in [0.1, 0.15) is 5.75 Å². The number of para-hydroxylation sites is 2. The summed E-state index contributed by atoms with van der Waals surface area (Å²) in [4.78, 5) is 21.7. The lowest BCUT2D eigenvalue weighted by molar-refractivity contribution is 0.208. The third-order valence-electron chi connectivity index (χ3n) is 5.55. The van der Waals surface area contributed by atoms with Crippen molar-refractivity contribution in [2.24, 2.45) is 0 Å². The summed E-state index contributed by atoms with van der Waals surface area (Å²) in [7, 11) is 1.62. The first kappa shape index (κ1) is 18.3. The Bertz CT molecular complexity index is 1190. The highest BCUT2D eigenvalue weighted by atomic mass is 16.5. The van der Waals surface area contributed by atoms with Crippen molar-refractivity contribution in [2.75, 3.05) is 43.5 Å². The molecule has 7 heteroatoms. The maximum absolute atomic E-state index is 12.7. The Kier molecular flexibility index (Phi) is 4.63.